The van der Waals surface area contributed by atoms with Crippen LogP contribution in [-0.2, 0) is 21.7 Å². The van der Waals surface area contributed by atoms with Gasteiger partial charge in [0.15, 0.2) is 0 Å². The third-order valence-corrected chi connectivity index (χ3v) is 15.9. The van der Waals surface area contributed by atoms with Crippen molar-refractivity contribution in [1.82, 2.24) is 0 Å². The van der Waals surface area contributed by atoms with Gasteiger partial charge in [0.05, 0.1) is 11.2 Å². The van der Waals surface area contributed by atoms with E-state index in [9.17, 15) is 0 Å². The second-order valence-corrected chi connectivity index (χ2v) is 21.8. The highest BCUT2D eigenvalue weighted by Gasteiger charge is 2.62. The lowest BCUT2D eigenvalue weighted by atomic mass is 9.33. The third-order valence-electron chi connectivity index (χ3n) is 15.9. The van der Waals surface area contributed by atoms with E-state index in [0.29, 0.717) is 0 Å². The molecule has 0 radical (unpaired) electrons. The van der Waals surface area contributed by atoms with E-state index in [1.54, 1.807) is 5.56 Å². The van der Waals surface area contributed by atoms with Gasteiger partial charge >= 0.3 is 0 Å². The fraction of sp³-hybridized carbons (Fsp3) is 0.357. The van der Waals surface area contributed by atoms with Gasteiger partial charge in [-0.25, -0.2) is 0 Å². The van der Waals surface area contributed by atoms with Crippen molar-refractivity contribution >= 4 is 51.5 Å². The zero-order valence-electron chi connectivity index (χ0n) is 37.2. The summed E-state index contributed by atoms with van der Waals surface area (Å²) in [5.41, 5.74) is 25.0. The van der Waals surface area contributed by atoms with Gasteiger partial charge in [-0.2, -0.15) is 0 Å². The van der Waals surface area contributed by atoms with Crippen molar-refractivity contribution in [2.45, 2.75) is 129 Å². The molecule has 3 heteroatoms. The molecule has 0 N–H and O–H groups in total. The van der Waals surface area contributed by atoms with Crippen molar-refractivity contribution in [2.75, 3.05) is 9.80 Å². The molecule has 3 heterocycles. The van der Waals surface area contributed by atoms with Gasteiger partial charge in [-0.15, -0.1) is 0 Å². The molecule has 0 spiro atoms. The van der Waals surface area contributed by atoms with Crippen LogP contribution in [0.15, 0.2) is 109 Å². The largest absolute Gasteiger partial charge is 0.335 e. The summed E-state index contributed by atoms with van der Waals surface area (Å²) in [4.78, 5) is 5.63. The van der Waals surface area contributed by atoms with Gasteiger partial charge in [0, 0.05) is 44.7 Å². The van der Waals surface area contributed by atoms with Crippen molar-refractivity contribution in [3.05, 3.63) is 143 Å². The fourth-order valence-electron chi connectivity index (χ4n) is 12.5. The fourth-order valence-corrected chi connectivity index (χ4v) is 12.5. The van der Waals surface area contributed by atoms with E-state index in [1.165, 1.54) is 121 Å². The summed E-state index contributed by atoms with van der Waals surface area (Å²) in [5.74, 6) is 0. The van der Waals surface area contributed by atoms with E-state index in [-0.39, 0.29) is 33.9 Å². The van der Waals surface area contributed by atoms with Crippen LogP contribution in [0.4, 0.5) is 28.4 Å². The van der Waals surface area contributed by atoms with Gasteiger partial charge in [-0.1, -0.05) is 160 Å². The number of benzene rings is 6. The van der Waals surface area contributed by atoms with Crippen LogP contribution in [0.2, 0.25) is 0 Å². The Hall–Kier alpha value is -5.02. The molecule has 6 aromatic rings. The molecule has 0 saturated heterocycles. The predicted molar refractivity (Wildman–Crippen MR) is 254 cm³/mol. The van der Waals surface area contributed by atoms with Crippen molar-refractivity contribution in [3.8, 4) is 22.3 Å². The lowest BCUT2D eigenvalue weighted by molar-refractivity contribution is 0.195. The second-order valence-electron chi connectivity index (χ2n) is 21.8. The Kier molecular flexibility index (Phi) is 7.43. The number of nitrogens with zero attached hydrogens (tertiary/aromatic N) is 2. The van der Waals surface area contributed by atoms with Gasteiger partial charge in [0.2, 0.25) is 0 Å². The van der Waals surface area contributed by atoms with Crippen molar-refractivity contribution < 1.29 is 0 Å². The molecule has 59 heavy (non-hydrogen) atoms. The molecule has 2 unspecified atom stereocenters. The zero-order chi connectivity index (χ0) is 41.2. The van der Waals surface area contributed by atoms with Crippen LogP contribution in [0.3, 0.4) is 0 Å². The molecule has 1 fully saturated rings. The van der Waals surface area contributed by atoms with Gasteiger partial charge in [-0.05, 0) is 123 Å². The molecule has 296 valence electrons. The quantitative estimate of drug-likeness (QED) is 0.162. The average molecular weight is 771 g/mol. The van der Waals surface area contributed by atoms with E-state index in [0.717, 1.165) is 0 Å². The zero-order valence-corrected chi connectivity index (χ0v) is 37.2. The van der Waals surface area contributed by atoms with Crippen LogP contribution in [-0.4, -0.2) is 12.3 Å². The highest BCUT2D eigenvalue weighted by molar-refractivity contribution is 7.00. The van der Waals surface area contributed by atoms with E-state index >= 15 is 0 Å². The molecule has 0 bridgehead atoms. The first-order valence-electron chi connectivity index (χ1n) is 22.4. The smallest absolute Gasteiger partial charge is 0.252 e. The Bertz CT molecular complexity index is 2780. The minimum atomic E-state index is -0.126. The minimum Gasteiger partial charge on any atom is -0.335 e. The molecule has 2 aliphatic carbocycles. The molecule has 11 rings (SSSR count). The van der Waals surface area contributed by atoms with Crippen LogP contribution in [0.5, 0.6) is 0 Å². The molecular formula is C56H59BN2. The number of aryl methyl sites for hydroxylation is 1. The van der Waals surface area contributed by atoms with Gasteiger partial charge < -0.3 is 9.80 Å². The maximum absolute atomic E-state index is 2.89. The summed E-state index contributed by atoms with van der Waals surface area (Å²) in [7, 11) is 0. The summed E-state index contributed by atoms with van der Waals surface area (Å²) in [6.45, 7) is 26.8. The maximum atomic E-state index is 2.89. The van der Waals surface area contributed by atoms with E-state index in [2.05, 4.69) is 195 Å². The number of hydrogen-bond acceptors (Lipinski definition) is 2. The molecule has 0 amide bonds. The average Bonchev–Trinajstić information content (AvgIpc) is 3.56. The second kappa shape index (κ2) is 11.8. The lowest BCUT2D eigenvalue weighted by Gasteiger charge is -2.53. The third kappa shape index (κ3) is 4.77. The first-order valence-corrected chi connectivity index (χ1v) is 22.4. The van der Waals surface area contributed by atoms with E-state index < -0.39 is 0 Å². The monoisotopic (exact) mass is 770 g/mol. The summed E-state index contributed by atoms with van der Waals surface area (Å²) in [5, 5.41) is 0. The Balaban J connectivity index is 1.32. The van der Waals surface area contributed by atoms with E-state index in [1.807, 2.05) is 0 Å². The molecule has 5 aliphatic rings. The van der Waals surface area contributed by atoms with E-state index in [4.69, 9.17) is 0 Å². The maximum Gasteiger partial charge on any atom is 0.252 e. The molecular weight excluding hydrogens is 711 g/mol. The van der Waals surface area contributed by atoms with Crippen molar-refractivity contribution in [3.63, 3.8) is 0 Å². The number of hydrogen-bond donors (Lipinski definition) is 0. The Morgan fingerprint density at radius 3 is 2.00 bits per heavy atom. The Morgan fingerprint density at radius 1 is 0.559 bits per heavy atom. The highest BCUT2D eigenvalue weighted by Crippen LogP contribution is 2.63. The van der Waals surface area contributed by atoms with Gasteiger partial charge in [-0.3, -0.25) is 0 Å². The van der Waals surface area contributed by atoms with Gasteiger partial charge in [0.25, 0.3) is 6.71 Å². The molecule has 6 aromatic carbocycles. The first kappa shape index (κ1) is 37.0. The summed E-state index contributed by atoms with van der Waals surface area (Å²) in [6.07, 6.45) is 4.98. The number of rotatable bonds is 2. The Morgan fingerprint density at radius 2 is 1.25 bits per heavy atom. The topological polar surface area (TPSA) is 6.48 Å². The lowest BCUT2D eigenvalue weighted by Crippen LogP contribution is -2.64. The van der Waals surface area contributed by atoms with Crippen LogP contribution >= 0.6 is 0 Å². The number of anilines is 5. The summed E-state index contributed by atoms with van der Waals surface area (Å²) in [6, 6.07) is 43.2. The Labute approximate surface area is 353 Å². The summed E-state index contributed by atoms with van der Waals surface area (Å²) < 4.78 is 0. The normalized spacial score (nSPS) is 21.7. The minimum absolute atomic E-state index is 0.00367. The predicted octanol–water partition coefficient (Wildman–Crippen LogP) is 12.9. The highest BCUT2D eigenvalue weighted by atomic mass is 15.3. The molecule has 3 aliphatic heterocycles. The standard InChI is InChI=1S/C56H59BN2/c1-34-29-46-49-47(30-34)59-50-42(55(10)27-17-18-28-56(55,59)11)32-37(53(5,6)7)33-44(50)57(49)43-25-24-41-48(38-21-15-16-22-40(38)54(41,8)9)51(43)58(46)45-26-23-36(52(2,3)4)31-39(45)35-19-13-12-14-20-35/h12-16,19-26,29-33H,17-18,27-28H2,1-11H3. The van der Waals surface area contributed by atoms with Crippen LogP contribution < -0.4 is 26.2 Å². The van der Waals surface area contributed by atoms with Crippen molar-refractivity contribution in [2.24, 2.45) is 0 Å². The van der Waals surface area contributed by atoms with Crippen molar-refractivity contribution in [1.29, 1.82) is 0 Å². The molecule has 2 atom stereocenters. The molecule has 0 aromatic heterocycles. The van der Waals surface area contributed by atoms with Crippen LogP contribution in [0.1, 0.15) is 128 Å². The number of fused-ring (bicyclic) bond motifs is 11. The van der Waals surface area contributed by atoms with Crippen LogP contribution in [0.25, 0.3) is 22.3 Å². The van der Waals surface area contributed by atoms with Gasteiger partial charge in [0.1, 0.15) is 0 Å². The first-order chi connectivity index (χ1) is 27.9. The molecule has 2 nitrogen and oxygen atoms in total. The SMILES string of the molecule is Cc1cc2c3c(c1)N1c4c(cc(C(C)(C)C)cc4C4(C)CCCCC14C)B3c1ccc3c(c1N2c1ccc(C(C)(C)C)cc1-c1ccccc1)-c1ccccc1C3(C)C. The van der Waals surface area contributed by atoms with Crippen LogP contribution in [0, 0.1) is 6.92 Å². The molecule has 1 saturated carbocycles. The summed E-state index contributed by atoms with van der Waals surface area (Å²) >= 11 is 0.